The Morgan fingerprint density at radius 2 is 1.97 bits per heavy atom. The van der Waals surface area contributed by atoms with Crippen LogP contribution in [0, 0.1) is 5.92 Å². The lowest BCUT2D eigenvalue weighted by Crippen LogP contribution is -2.50. The van der Waals surface area contributed by atoms with E-state index in [1.165, 1.54) is 11.1 Å². The lowest BCUT2D eigenvalue weighted by atomic mass is 9.86. The second kappa shape index (κ2) is 8.40. The average Bonchev–Trinajstić information content (AvgIpc) is 3.37. The molecule has 0 aliphatic carbocycles. The molecule has 7 nitrogen and oxygen atoms in total. The number of aromatic nitrogens is 2. The van der Waals surface area contributed by atoms with Crippen molar-refractivity contribution in [1.82, 2.24) is 19.8 Å². The van der Waals surface area contributed by atoms with Crippen LogP contribution >= 0.6 is 0 Å². The van der Waals surface area contributed by atoms with Gasteiger partial charge in [-0.25, -0.2) is 9.78 Å². The van der Waals surface area contributed by atoms with Gasteiger partial charge in [-0.15, -0.1) is 0 Å². The molecule has 2 fully saturated rings. The Hall–Kier alpha value is -2.38. The molecule has 1 aromatic carbocycles. The molecule has 2 aromatic rings. The molecule has 2 N–H and O–H groups in total. The van der Waals surface area contributed by atoms with Gasteiger partial charge in [-0.2, -0.15) is 0 Å². The second-order valence-electron chi connectivity index (χ2n) is 8.75. The van der Waals surface area contributed by atoms with E-state index in [-0.39, 0.29) is 24.0 Å². The number of ether oxygens (including phenoxy) is 1. The van der Waals surface area contributed by atoms with E-state index in [9.17, 15) is 9.90 Å². The van der Waals surface area contributed by atoms with Crippen LogP contribution in [-0.4, -0.2) is 64.0 Å². The molecule has 3 aliphatic rings. The lowest BCUT2D eigenvalue weighted by Gasteiger charge is -2.36. The van der Waals surface area contributed by atoms with Crippen LogP contribution in [0.25, 0.3) is 11.3 Å². The van der Waals surface area contributed by atoms with E-state index in [2.05, 4.69) is 39.1 Å². The molecule has 5 rings (SSSR count). The number of amides is 2. The van der Waals surface area contributed by atoms with Crippen molar-refractivity contribution < 1.29 is 14.6 Å². The summed E-state index contributed by atoms with van der Waals surface area (Å²) in [6.45, 7) is 2.85. The standard InChI is InChI=1S/C23H30N4O3/c28-22(13-20-18-3-1-2-4-19(18)21-14-24-15-27(20)21)16-5-9-26(10-6-16)23(29)25-17-7-11-30-12-8-17/h1-4,14-17,20,22,28H,5-13H2,(H,25,29)/t20-,22+/m0/s1. The van der Waals surface area contributed by atoms with Gasteiger partial charge in [-0.05, 0) is 43.6 Å². The fourth-order valence-electron chi connectivity index (χ4n) is 5.19. The number of urea groups is 1. The third kappa shape index (κ3) is 3.72. The molecule has 2 amide bonds. The Morgan fingerprint density at radius 1 is 1.20 bits per heavy atom. The summed E-state index contributed by atoms with van der Waals surface area (Å²) in [5.41, 5.74) is 3.61. The predicted molar refractivity (Wildman–Crippen MR) is 113 cm³/mol. The smallest absolute Gasteiger partial charge is 0.317 e. The van der Waals surface area contributed by atoms with E-state index in [0.717, 1.165) is 44.6 Å². The Bertz CT molecular complexity index is 884. The third-order valence-corrected chi connectivity index (χ3v) is 6.98. The normalized spacial score (nSPS) is 23.1. The number of benzene rings is 1. The number of carbonyl (C=O) groups excluding carboxylic acids is 1. The van der Waals surface area contributed by atoms with Crippen LogP contribution in [0.2, 0.25) is 0 Å². The van der Waals surface area contributed by atoms with E-state index < -0.39 is 6.10 Å². The number of likely N-dealkylation sites (tertiary alicyclic amines) is 1. The lowest BCUT2D eigenvalue weighted by molar-refractivity contribution is 0.0511. The quantitative estimate of drug-likeness (QED) is 0.812. The topological polar surface area (TPSA) is 79.6 Å². The molecule has 0 radical (unpaired) electrons. The van der Waals surface area contributed by atoms with Crippen molar-refractivity contribution in [2.24, 2.45) is 5.92 Å². The van der Waals surface area contributed by atoms with Crippen molar-refractivity contribution in [3.8, 4) is 11.3 Å². The summed E-state index contributed by atoms with van der Waals surface area (Å²) in [6.07, 6.45) is 7.52. The van der Waals surface area contributed by atoms with Crippen LogP contribution in [0.5, 0.6) is 0 Å². The summed E-state index contributed by atoms with van der Waals surface area (Å²) in [7, 11) is 0. The highest BCUT2D eigenvalue weighted by atomic mass is 16.5. The van der Waals surface area contributed by atoms with Crippen molar-refractivity contribution in [1.29, 1.82) is 0 Å². The Labute approximate surface area is 177 Å². The number of carbonyl (C=O) groups is 1. The highest BCUT2D eigenvalue weighted by Gasteiger charge is 2.34. The van der Waals surface area contributed by atoms with Crippen molar-refractivity contribution in [2.75, 3.05) is 26.3 Å². The highest BCUT2D eigenvalue weighted by molar-refractivity contribution is 5.74. The molecule has 160 valence electrons. The van der Waals surface area contributed by atoms with E-state index >= 15 is 0 Å². The van der Waals surface area contributed by atoms with Crippen molar-refractivity contribution in [3.63, 3.8) is 0 Å². The first-order valence-electron chi connectivity index (χ1n) is 11.1. The number of rotatable bonds is 4. The second-order valence-corrected chi connectivity index (χ2v) is 8.75. The molecule has 0 spiro atoms. The maximum absolute atomic E-state index is 12.6. The van der Waals surface area contributed by atoms with Crippen molar-refractivity contribution in [2.45, 2.75) is 50.3 Å². The predicted octanol–water partition coefficient (Wildman–Crippen LogP) is 2.80. The van der Waals surface area contributed by atoms with Gasteiger partial charge in [0.05, 0.1) is 30.4 Å². The summed E-state index contributed by atoms with van der Waals surface area (Å²) in [6, 6.07) is 8.78. The van der Waals surface area contributed by atoms with Crippen LogP contribution < -0.4 is 5.32 Å². The molecule has 2 saturated heterocycles. The van der Waals surface area contributed by atoms with Crippen LogP contribution in [0.1, 0.15) is 43.7 Å². The zero-order valence-corrected chi connectivity index (χ0v) is 17.2. The van der Waals surface area contributed by atoms with Gasteiger partial charge >= 0.3 is 6.03 Å². The van der Waals surface area contributed by atoms with Gasteiger partial charge in [-0.3, -0.25) is 0 Å². The number of aliphatic hydroxyl groups excluding tert-OH is 1. The Morgan fingerprint density at radius 3 is 2.77 bits per heavy atom. The van der Waals surface area contributed by atoms with Crippen LogP contribution in [0.3, 0.4) is 0 Å². The Kier molecular flexibility index (Phi) is 5.48. The highest BCUT2D eigenvalue weighted by Crippen LogP contribution is 2.42. The number of nitrogens with zero attached hydrogens (tertiary/aromatic N) is 3. The van der Waals surface area contributed by atoms with Crippen molar-refractivity contribution in [3.05, 3.63) is 42.4 Å². The molecule has 0 saturated carbocycles. The van der Waals surface area contributed by atoms with Gasteiger partial charge in [0.2, 0.25) is 0 Å². The van der Waals surface area contributed by atoms with Gasteiger partial charge in [0.15, 0.2) is 0 Å². The average molecular weight is 411 g/mol. The first-order valence-corrected chi connectivity index (χ1v) is 11.1. The molecule has 4 heterocycles. The van der Waals surface area contributed by atoms with E-state index in [4.69, 9.17) is 4.74 Å². The van der Waals surface area contributed by atoms with Crippen LogP contribution in [0.4, 0.5) is 4.79 Å². The van der Waals surface area contributed by atoms with Gasteiger partial charge in [0, 0.05) is 37.9 Å². The number of imidazole rings is 1. The van der Waals surface area contributed by atoms with E-state index in [1.54, 1.807) is 0 Å². The summed E-state index contributed by atoms with van der Waals surface area (Å²) >= 11 is 0. The molecule has 0 bridgehead atoms. The number of fused-ring (bicyclic) bond motifs is 3. The zero-order valence-electron chi connectivity index (χ0n) is 17.2. The van der Waals surface area contributed by atoms with E-state index in [0.29, 0.717) is 19.5 Å². The summed E-state index contributed by atoms with van der Waals surface area (Å²) in [5, 5.41) is 14.2. The summed E-state index contributed by atoms with van der Waals surface area (Å²) in [5.74, 6) is 0.219. The minimum Gasteiger partial charge on any atom is -0.393 e. The molecule has 7 heteroatoms. The minimum atomic E-state index is -0.392. The van der Waals surface area contributed by atoms with Gasteiger partial charge in [-0.1, -0.05) is 24.3 Å². The monoisotopic (exact) mass is 410 g/mol. The van der Waals surface area contributed by atoms with Crippen LogP contribution in [0.15, 0.2) is 36.8 Å². The van der Waals surface area contributed by atoms with Gasteiger partial charge in [0.1, 0.15) is 0 Å². The SMILES string of the molecule is O=C(NC1CCOCC1)N1CCC([C@H](O)C[C@H]2c3ccccc3-c3cncn32)CC1. The Balaban J connectivity index is 1.17. The number of hydrogen-bond donors (Lipinski definition) is 2. The van der Waals surface area contributed by atoms with Gasteiger partial charge in [0.25, 0.3) is 0 Å². The van der Waals surface area contributed by atoms with E-state index in [1.807, 2.05) is 17.4 Å². The molecule has 2 atom stereocenters. The number of piperidine rings is 1. The minimum absolute atomic E-state index is 0.0302. The number of aliphatic hydroxyl groups is 1. The fourth-order valence-corrected chi connectivity index (χ4v) is 5.19. The van der Waals surface area contributed by atoms with Crippen molar-refractivity contribution >= 4 is 6.03 Å². The molecular formula is C23H30N4O3. The maximum atomic E-state index is 12.6. The number of hydrogen-bond acceptors (Lipinski definition) is 4. The molecule has 30 heavy (non-hydrogen) atoms. The molecule has 0 unspecified atom stereocenters. The fraction of sp³-hybridized carbons (Fsp3) is 0.565. The van der Waals surface area contributed by atoms with Crippen LogP contribution in [-0.2, 0) is 4.74 Å². The third-order valence-electron chi connectivity index (χ3n) is 6.98. The summed E-state index contributed by atoms with van der Waals surface area (Å²) in [4.78, 5) is 18.8. The molecular weight excluding hydrogens is 380 g/mol. The largest absolute Gasteiger partial charge is 0.393 e. The molecule has 3 aliphatic heterocycles. The number of nitrogens with one attached hydrogen (secondary N) is 1. The maximum Gasteiger partial charge on any atom is 0.317 e. The summed E-state index contributed by atoms with van der Waals surface area (Å²) < 4.78 is 7.55. The first-order chi connectivity index (χ1) is 14.7. The first kappa shape index (κ1) is 19.6. The zero-order chi connectivity index (χ0) is 20.5. The molecule has 1 aromatic heterocycles. The van der Waals surface area contributed by atoms with Gasteiger partial charge < -0.3 is 24.6 Å².